The Bertz CT molecular complexity index is 133. The Morgan fingerprint density at radius 2 is 2.33 bits per heavy atom. The van der Waals surface area contributed by atoms with Crippen molar-refractivity contribution in [2.24, 2.45) is 17.1 Å². The molecule has 0 aliphatic heterocycles. The summed E-state index contributed by atoms with van der Waals surface area (Å²) in [5.41, 5.74) is 6.00. The molecule has 0 aromatic rings. The third-order valence-electron chi connectivity index (χ3n) is 3.14. The maximum Gasteiger partial charge on any atom is 0.0505 e. The Labute approximate surface area is 55.1 Å². The zero-order valence-electron chi connectivity index (χ0n) is 5.51. The average molecular weight is 127 g/mol. The Morgan fingerprint density at radius 1 is 1.56 bits per heavy atom. The summed E-state index contributed by atoms with van der Waals surface area (Å²) in [5.74, 6) is 0.775. The van der Waals surface area contributed by atoms with Crippen molar-refractivity contribution >= 4 is 0 Å². The summed E-state index contributed by atoms with van der Waals surface area (Å²) in [6, 6.07) is 0.299. The van der Waals surface area contributed by atoms with Gasteiger partial charge in [-0.1, -0.05) is 0 Å². The first kappa shape index (κ1) is 5.69. The Kier molecular flexibility index (Phi) is 0.945. The highest BCUT2D eigenvalue weighted by Crippen LogP contribution is 2.62. The van der Waals surface area contributed by atoms with Crippen molar-refractivity contribution in [2.75, 3.05) is 6.61 Å². The van der Waals surface area contributed by atoms with Crippen molar-refractivity contribution in [1.29, 1.82) is 0 Å². The van der Waals surface area contributed by atoms with Gasteiger partial charge in [-0.2, -0.15) is 0 Å². The maximum absolute atomic E-state index is 8.96. The zero-order chi connectivity index (χ0) is 6.48. The number of hydrogen-bond acceptors (Lipinski definition) is 2. The average Bonchev–Trinajstić information content (AvgIpc) is 2.52. The lowest BCUT2D eigenvalue weighted by molar-refractivity contribution is 0.191. The largest absolute Gasteiger partial charge is 0.396 e. The lowest BCUT2D eigenvalue weighted by Crippen LogP contribution is -2.31. The summed E-state index contributed by atoms with van der Waals surface area (Å²) < 4.78 is 0. The minimum Gasteiger partial charge on any atom is -0.396 e. The summed E-state index contributed by atoms with van der Waals surface area (Å²) in [4.78, 5) is 0. The fourth-order valence-corrected chi connectivity index (χ4v) is 2.22. The van der Waals surface area contributed by atoms with Crippen molar-refractivity contribution < 1.29 is 5.11 Å². The monoisotopic (exact) mass is 127 g/mol. The second-order valence-electron chi connectivity index (χ2n) is 3.48. The molecular weight excluding hydrogens is 114 g/mol. The SMILES string of the molecule is NC1CCC2CC12CO. The first-order valence-corrected chi connectivity index (χ1v) is 3.66. The second kappa shape index (κ2) is 1.50. The van der Waals surface area contributed by atoms with Gasteiger partial charge >= 0.3 is 0 Å². The fraction of sp³-hybridized carbons (Fsp3) is 1.00. The number of hydrogen-bond donors (Lipinski definition) is 2. The van der Waals surface area contributed by atoms with Crippen LogP contribution in [0.5, 0.6) is 0 Å². The Balaban J connectivity index is 2.14. The molecule has 2 nitrogen and oxygen atoms in total. The van der Waals surface area contributed by atoms with Crippen molar-refractivity contribution in [3.8, 4) is 0 Å². The van der Waals surface area contributed by atoms with Gasteiger partial charge in [0.05, 0.1) is 6.61 Å². The van der Waals surface area contributed by atoms with E-state index in [1.807, 2.05) is 0 Å². The maximum atomic E-state index is 8.96. The minimum absolute atomic E-state index is 0.194. The molecule has 0 heterocycles. The summed E-state index contributed by atoms with van der Waals surface area (Å²) in [6.07, 6.45) is 3.57. The lowest BCUT2D eigenvalue weighted by Gasteiger charge is -2.14. The highest BCUT2D eigenvalue weighted by molar-refractivity contribution is 5.12. The van der Waals surface area contributed by atoms with Crippen molar-refractivity contribution in [1.82, 2.24) is 0 Å². The van der Waals surface area contributed by atoms with Crippen molar-refractivity contribution in [3.05, 3.63) is 0 Å². The van der Waals surface area contributed by atoms with E-state index >= 15 is 0 Å². The van der Waals surface area contributed by atoms with Gasteiger partial charge in [0.25, 0.3) is 0 Å². The lowest BCUT2D eigenvalue weighted by atomic mass is 10.0. The molecule has 2 aliphatic carbocycles. The normalized spacial score (nSPS) is 55.3. The van der Waals surface area contributed by atoms with Crippen LogP contribution in [0.25, 0.3) is 0 Å². The van der Waals surface area contributed by atoms with E-state index in [1.54, 1.807) is 0 Å². The molecule has 2 aliphatic rings. The Hall–Kier alpha value is -0.0800. The molecule has 0 amide bonds. The van der Waals surface area contributed by atoms with E-state index in [4.69, 9.17) is 10.8 Å². The van der Waals surface area contributed by atoms with E-state index in [-0.39, 0.29) is 5.41 Å². The molecule has 2 saturated carbocycles. The van der Waals surface area contributed by atoms with Gasteiger partial charge in [0, 0.05) is 11.5 Å². The number of fused-ring (bicyclic) bond motifs is 1. The highest BCUT2D eigenvalue weighted by Gasteiger charge is 2.60. The molecule has 3 unspecified atom stereocenters. The summed E-state index contributed by atoms with van der Waals surface area (Å²) in [7, 11) is 0. The van der Waals surface area contributed by atoms with Crippen LogP contribution in [0, 0.1) is 11.3 Å². The van der Waals surface area contributed by atoms with E-state index in [0.717, 1.165) is 12.3 Å². The highest BCUT2D eigenvalue weighted by atomic mass is 16.3. The molecule has 2 rings (SSSR count). The third kappa shape index (κ3) is 0.528. The molecule has 0 aromatic heterocycles. The third-order valence-corrected chi connectivity index (χ3v) is 3.14. The van der Waals surface area contributed by atoms with Crippen LogP contribution in [-0.2, 0) is 0 Å². The van der Waals surface area contributed by atoms with E-state index in [1.165, 1.54) is 12.8 Å². The topological polar surface area (TPSA) is 46.2 Å². The van der Waals surface area contributed by atoms with Gasteiger partial charge in [-0.25, -0.2) is 0 Å². The van der Waals surface area contributed by atoms with Crippen LogP contribution in [0.2, 0.25) is 0 Å². The molecule has 2 fully saturated rings. The van der Waals surface area contributed by atoms with Crippen molar-refractivity contribution in [2.45, 2.75) is 25.3 Å². The van der Waals surface area contributed by atoms with Crippen LogP contribution in [0.4, 0.5) is 0 Å². The van der Waals surface area contributed by atoms with Crippen molar-refractivity contribution in [3.63, 3.8) is 0 Å². The van der Waals surface area contributed by atoms with Gasteiger partial charge in [0.2, 0.25) is 0 Å². The second-order valence-corrected chi connectivity index (χ2v) is 3.48. The molecule has 0 bridgehead atoms. The minimum atomic E-state index is 0.194. The molecule has 0 spiro atoms. The molecule has 0 saturated heterocycles. The van der Waals surface area contributed by atoms with Gasteiger partial charge in [0.15, 0.2) is 0 Å². The predicted octanol–water partition coefficient (Wildman–Crippen LogP) is 0.106. The summed E-state index contributed by atoms with van der Waals surface area (Å²) >= 11 is 0. The standard InChI is InChI=1S/C7H13NO/c8-6-2-1-5-3-7(5,6)4-9/h5-6,9H,1-4,8H2. The quantitative estimate of drug-likeness (QED) is 0.525. The first-order valence-electron chi connectivity index (χ1n) is 3.66. The van der Waals surface area contributed by atoms with Gasteiger partial charge in [0.1, 0.15) is 0 Å². The van der Waals surface area contributed by atoms with Crippen LogP contribution < -0.4 is 5.73 Å². The number of aliphatic hydroxyl groups excluding tert-OH is 1. The smallest absolute Gasteiger partial charge is 0.0505 e. The zero-order valence-corrected chi connectivity index (χ0v) is 5.51. The first-order chi connectivity index (χ1) is 4.29. The fourth-order valence-electron chi connectivity index (χ4n) is 2.22. The molecule has 3 atom stereocenters. The van der Waals surface area contributed by atoms with E-state index in [0.29, 0.717) is 12.6 Å². The molecule has 9 heavy (non-hydrogen) atoms. The van der Waals surface area contributed by atoms with Gasteiger partial charge in [-0.15, -0.1) is 0 Å². The van der Waals surface area contributed by atoms with E-state index in [2.05, 4.69) is 0 Å². The van der Waals surface area contributed by atoms with Crippen LogP contribution in [0.15, 0.2) is 0 Å². The molecule has 2 heteroatoms. The Morgan fingerprint density at radius 3 is 2.56 bits per heavy atom. The van der Waals surface area contributed by atoms with Crippen LogP contribution in [-0.4, -0.2) is 17.8 Å². The van der Waals surface area contributed by atoms with E-state index < -0.39 is 0 Å². The van der Waals surface area contributed by atoms with Crippen LogP contribution >= 0.6 is 0 Å². The van der Waals surface area contributed by atoms with Crippen LogP contribution in [0.3, 0.4) is 0 Å². The summed E-state index contributed by atoms with van der Waals surface area (Å²) in [6.45, 7) is 0.318. The van der Waals surface area contributed by atoms with Gasteiger partial charge in [-0.3, -0.25) is 0 Å². The number of nitrogens with two attached hydrogens (primary N) is 1. The molecule has 3 N–H and O–H groups in total. The van der Waals surface area contributed by atoms with Crippen LogP contribution in [0.1, 0.15) is 19.3 Å². The summed E-state index contributed by atoms with van der Waals surface area (Å²) in [5, 5.41) is 8.96. The van der Waals surface area contributed by atoms with Gasteiger partial charge < -0.3 is 10.8 Å². The number of aliphatic hydroxyl groups is 1. The molecular formula is C7H13NO. The van der Waals surface area contributed by atoms with Gasteiger partial charge in [-0.05, 0) is 25.2 Å². The number of rotatable bonds is 1. The molecule has 0 radical (unpaired) electrons. The molecule has 0 aromatic carbocycles. The van der Waals surface area contributed by atoms with E-state index in [9.17, 15) is 0 Å². The predicted molar refractivity (Wildman–Crippen MR) is 34.8 cm³/mol. The molecule has 52 valence electrons.